The summed E-state index contributed by atoms with van der Waals surface area (Å²) in [5.41, 5.74) is 1.30. The number of hydrogen-bond acceptors (Lipinski definition) is 6. The lowest BCUT2D eigenvalue weighted by Crippen LogP contribution is -2.39. The lowest BCUT2D eigenvalue weighted by molar-refractivity contribution is 0.0526. The van der Waals surface area contributed by atoms with Gasteiger partial charge in [-0.15, -0.1) is 11.3 Å². The Kier molecular flexibility index (Phi) is 5.67. The van der Waals surface area contributed by atoms with Crippen LogP contribution < -0.4 is 0 Å². The van der Waals surface area contributed by atoms with Gasteiger partial charge in [0.15, 0.2) is 0 Å². The van der Waals surface area contributed by atoms with Gasteiger partial charge in [-0.2, -0.15) is 4.31 Å². The molecule has 2 aromatic carbocycles. The Hall–Kier alpha value is -2.29. The number of benzene rings is 2. The Labute approximate surface area is 174 Å². The third-order valence-corrected chi connectivity index (χ3v) is 8.13. The molecule has 1 aliphatic heterocycles. The second kappa shape index (κ2) is 8.22. The molecule has 4 rings (SSSR count). The normalized spacial score (nSPS) is 18.0. The van der Waals surface area contributed by atoms with Crippen molar-refractivity contribution in [1.82, 2.24) is 9.29 Å². The maximum Gasteiger partial charge on any atom is 0.338 e. The molecule has 1 atom stereocenters. The van der Waals surface area contributed by atoms with E-state index in [0.717, 1.165) is 28.1 Å². The van der Waals surface area contributed by atoms with Gasteiger partial charge >= 0.3 is 5.97 Å². The van der Waals surface area contributed by atoms with Crippen LogP contribution in [0, 0.1) is 0 Å². The summed E-state index contributed by atoms with van der Waals surface area (Å²) in [4.78, 5) is 16.7. The zero-order valence-electron chi connectivity index (χ0n) is 16.1. The standard InChI is InChI=1S/C21H22N2O4S2/c1-2-27-21(24)15-9-11-17(12-10-15)29(25,26)23-13-5-6-16(14-23)20-22-18-7-3-4-8-19(18)28-20/h3-4,7-12,16H,2,5-6,13-14H2,1H3. The summed E-state index contributed by atoms with van der Waals surface area (Å²) >= 11 is 1.64. The number of carbonyl (C=O) groups excluding carboxylic acids is 1. The van der Waals surface area contributed by atoms with Crippen LogP contribution >= 0.6 is 11.3 Å². The Morgan fingerprint density at radius 3 is 2.69 bits per heavy atom. The summed E-state index contributed by atoms with van der Waals surface area (Å²) in [6, 6.07) is 13.9. The molecule has 1 aliphatic rings. The first-order valence-corrected chi connectivity index (χ1v) is 11.9. The minimum atomic E-state index is -3.63. The zero-order valence-corrected chi connectivity index (χ0v) is 17.7. The number of hydrogen-bond donors (Lipinski definition) is 0. The molecule has 1 unspecified atom stereocenters. The largest absolute Gasteiger partial charge is 0.462 e. The molecular weight excluding hydrogens is 408 g/mol. The first kappa shape index (κ1) is 20.0. The fourth-order valence-electron chi connectivity index (χ4n) is 3.55. The van der Waals surface area contributed by atoms with Crippen LogP contribution in [-0.2, 0) is 14.8 Å². The predicted molar refractivity (Wildman–Crippen MR) is 113 cm³/mol. The molecule has 1 fully saturated rings. The highest BCUT2D eigenvalue weighted by molar-refractivity contribution is 7.89. The molecule has 0 aliphatic carbocycles. The van der Waals surface area contributed by atoms with Gasteiger partial charge in [-0.25, -0.2) is 18.2 Å². The van der Waals surface area contributed by atoms with Crippen LogP contribution in [0.15, 0.2) is 53.4 Å². The van der Waals surface area contributed by atoms with Crippen molar-refractivity contribution in [2.75, 3.05) is 19.7 Å². The topological polar surface area (TPSA) is 76.6 Å². The van der Waals surface area contributed by atoms with Gasteiger partial charge in [-0.3, -0.25) is 0 Å². The molecule has 0 spiro atoms. The van der Waals surface area contributed by atoms with Gasteiger partial charge in [-0.05, 0) is 56.2 Å². The van der Waals surface area contributed by atoms with E-state index in [0.29, 0.717) is 18.7 Å². The molecule has 0 saturated carbocycles. The van der Waals surface area contributed by atoms with Crippen LogP contribution in [0.2, 0.25) is 0 Å². The van der Waals surface area contributed by atoms with Crippen LogP contribution in [0.1, 0.15) is 41.0 Å². The number of fused-ring (bicyclic) bond motifs is 1. The summed E-state index contributed by atoms with van der Waals surface area (Å²) in [5.74, 6) is -0.361. The highest BCUT2D eigenvalue weighted by Gasteiger charge is 2.32. The van der Waals surface area contributed by atoms with Crippen LogP contribution in [-0.4, -0.2) is 43.4 Å². The molecule has 8 heteroatoms. The van der Waals surface area contributed by atoms with E-state index in [9.17, 15) is 13.2 Å². The van der Waals surface area contributed by atoms with Crippen molar-refractivity contribution in [3.8, 4) is 0 Å². The predicted octanol–water partition coefficient (Wildman–Crippen LogP) is 4.04. The lowest BCUT2D eigenvalue weighted by Gasteiger charge is -2.31. The van der Waals surface area contributed by atoms with Crippen molar-refractivity contribution in [3.05, 3.63) is 59.1 Å². The second-order valence-corrected chi connectivity index (χ2v) is 9.97. The van der Waals surface area contributed by atoms with E-state index in [1.165, 1.54) is 28.6 Å². The average Bonchev–Trinajstić information content (AvgIpc) is 3.18. The van der Waals surface area contributed by atoms with Crippen LogP contribution in [0.5, 0.6) is 0 Å². The van der Waals surface area contributed by atoms with Gasteiger partial charge in [0, 0.05) is 19.0 Å². The van der Waals surface area contributed by atoms with Gasteiger partial charge < -0.3 is 4.74 Å². The van der Waals surface area contributed by atoms with Crippen LogP contribution in [0.4, 0.5) is 0 Å². The van der Waals surface area contributed by atoms with E-state index < -0.39 is 16.0 Å². The van der Waals surface area contributed by atoms with Gasteiger partial charge in [0.2, 0.25) is 10.0 Å². The van der Waals surface area contributed by atoms with Crippen molar-refractivity contribution in [2.24, 2.45) is 0 Å². The monoisotopic (exact) mass is 430 g/mol. The molecular formula is C21H22N2O4S2. The maximum absolute atomic E-state index is 13.1. The molecule has 152 valence electrons. The molecule has 1 aromatic heterocycles. The van der Waals surface area contributed by atoms with E-state index >= 15 is 0 Å². The van der Waals surface area contributed by atoms with Gasteiger partial charge in [-0.1, -0.05) is 12.1 Å². The summed E-state index contributed by atoms with van der Waals surface area (Å²) in [6.07, 6.45) is 1.72. The number of nitrogens with zero attached hydrogens (tertiary/aromatic N) is 2. The summed E-state index contributed by atoms with van der Waals surface area (Å²) in [6.45, 7) is 2.92. The van der Waals surface area contributed by atoms with E-state index in [1.54, 1.807) is 18.3 Å². The van der Waals surface area contributed by atoms with Crippen molar-refractivity contribution in [3.63, 3.8) is 0 Å². The van der Waals surface area contributed by atoms with E-state index in [-0.39, 0.29) is 17.4 Å². The number of thiazole rings is 1. The third kappa shape index (κ3) is 4.05. The van der Waals surface area contributed by atoms with Crippen molar-refractivity contribution in [2.45, 2.75) is 30.6 Å². The number of para-hydroxylation sites is 1. The summed E-state index contributed by atoms with van der Waals surface area (Å²) in [5, 5.41) is 0.990. The smallest absolute Gasteiger partial charge is 0.338 e. The summed E-state index contributed by atoms with van der Waals surface area (Å²) in [7, 11) is -3.63. The van der Waals surface area contributed by atoms with Crippen LogP contribution in [0.25, 0.3) is 10.2 Å². The highest BCUT2D eigenvalue weighted by atomic mass is 32.2. The molecule has 0 bridgehead atoms. The van der Waals surface area contributed by atoms with E-state index in [1.807, 2.05) is 24.3 Å². The molecule has 3 aromatic rings. The molecule has 0 radical (unpaired) electrons. The number of sulfonamides is 1. The number of rotatable bonds is 5. The minimum Gasteiger partial charge on any atom is -0.462 e. The first-order chi connectivity index (χ1) is 14.0. The molecule has 1 saturated heterocycles. The van der Waals surface area contributed by atoms with Crippen molar-refractivity contribution < 1.29 is 17.9 Å². The minimum absolute atomic E-state index is 0.0923. The lowest BCUT2D eigenvalue weighted by atomic mass is 10.0. The molecule has 2 heterocycles. The number of carbonyl (C=O) groups is 1. The van der Waals surface area contributed by atoms with Gasteiger partial charge in [0.25, 0.3) is 0 Å². The maximum atomic E-state index is 13.1. The highest BCUT2D eigenvalue weighted by Crippen LogP contribution is 2.34. The molecule has 6 nitrogen and oxygen atoms in total. The first-order valence-electron chi connectivity index (χ1n) is 9.62. The average molecular weight is 431 g/mol. The number of ether oxygens (including phenoxy) is 1. The Morgan fingerprint density at radius 1 is 1.21 bits per heavy atom. The third-order valence-electron chi connectivity index (χ3n) is 5.05. The molecule has 0 amide bonds. The fraction of sp³-hybridized carbons (Fsp3) is 0.333. The zero-order chi connectivity index (χ0) is 20.4. The van der Waals surface area contributed by atoms with Gasteiger partial charge in [0.05, 0.1) is 32.3 Å². The molecule has 29 heavy (non-hydrogen) atoms. The summed E-state index contributed by atoms with van der Waals surface area (Å²) < 4.78 is 33.9. The Bertz CT molecular complexity index is 1090. The Morgan fingerprint density at radius 2 is 1.97 bits per heavy atom. The fourth-order valence-corrected chi connectivity index (χ4v) is 6.17. The Balaban J connectivity index is 1.54. The SMILES string of the molecule is CCOC(=O)c1ccc(S(=O)(=O)N2CCCC(c3nc4ccccc4s3)C2)cc1. The molecule has 0 N–H and O–H groups in total. The second-order valence-electron chi connectivity index (χ2n) is 6.97. The number of piperidine rings is 1. The number of aromatic nitrogens is 1. The van der Waals surface area contributed by atoms with E-state index in [2.05, 4.69) is 0 Å². The van der Waals surface area contributed by atoms with E-state index in [4.69, 9.17) is 9.72 Å². The number of esters is 1. The van der Waals surface area contributed by atoms with Crippen LogP contribution in [0.3, 0.4) is 0 Å². The van der Waals surface area contributed by atoms with Gasteiger partial charge in [0.1, 0.15) is 0 Å². The van der Waals surface area contributed by atoms with Crippen molar-refractivity contribution in [1.29, 1.82) is 0 Å². The quantitative estimate of drug-likeness (QED) is 0.571. The van der Waals surface area contributed by atoms with Crippen molar-refractivity contribution >= 4 is 37.5 Å².